The summed E-state index contributed by atoms with van der Waals surface area (Å²) in [6, 6.07) is 2.04. The Bertz CT molecular complexity index is 226. The lowest BCUT2D eigenvalue weighted by molar-refractivity contribution is -0.138. The Balaban J connectivity index is 2.18. The molecular formula is C9H14F3N3. The van der Waals surface area contributed by atoms with Gasteiger partial charge in [-0.2, -0.15) is 18.4 Å². The van der Waals surface area contributed by atoms with E-state index < -0.39 is 12.6 Å². The normalized spacial score (nSPS) is 20.1. The second-order valence-electron chi connectivity index (χ2n) is 3.64. The van der Waals surface area contributed by atoms with Crippen LogP contribution in [0.2, 0.25) is 0 Å². The van der Waals surface area contributed by atoms with E-state index in [-0.39, 0.29) is 6.54 Å². The molecule has 1 saturated heterocycles. The number of nitriles is 1. The lowest BCUT2D eigenvalue weighted by Gasteiger charge is -2.33. The van der Waals surface area contributed by atoms with Crippen molar-refractivity contribution < 1.29 is 13.2 Å². The number of nitrogens with zero attached hydrogens (tertiary/aromatic N) is 3. The first kappa shape index (κ1) is 12.3. The van der Waals surface area contributed by atoms with Crippen molar-refractivity contribution in [2.75, 3.05) is 39.3 Å². The van der Waals surface area contributed by atoms with E-state index >= 15 is 0 Å². The number of hydrogen-bond acceptors (Lipinski definition) is 3. The van der Waals surface area contributed by atoms with Gasteiger partial charge in [0.05, 0.1) is 19.0 Å². The van der Waals surface area contributed by atoms with Gasteiger partial charge in [-0.3, -0.25) is 4.90 Å². The Hall–Kier alpha value is -0.800. The maximum atomic E-state index is 11.9. The van der Waals surface area contributed by atoms with Crippen LogP contribution in [0.1, 0.15) is 6.42 Å². The first-order valence-electron chi connectivity index (χ1n) is 4.90. The van der Waals surface area contributed by atoms with Crippen LogP contribution in [0.25, 0.3) is 0 Å². The fourth-order valence-corrected chi connectivity index (χ4v) is 1.56. The Morgan fingerprint density at radius 2 is 1.60 bits per heavy atom. The Labute approximate surface area is 87.1 Å². The average molecular weight is 221 g/mol. The minimum Gasteiger partial charge on any atom is -0.300 e. The lowest BCUT2D eigenvalue weighted by atomic mass is 10.3. The van der Waals surface area contributed by atoms with Crippen molar-refractivity contribution >= 4 is 0 Å². The van der Waals surface area contributed by atoms with Gasteiger partial charge >= 0.3 is 6.18 Å². The van der Waals surface area contributed by atoms with Gasteiger partial charge in [0.1, 0.15) is 0 Å². The molecule has 86 valence electrons. The van der Waals surface area contributed by atoms with Crippen LogP contribution >= 0.6 is 0 Å². The summed E-state index contributed by atoms with van der Waals surface area (Å²) in [6.45, 7) is 3.06. The van der Waals surface area contributed by atoms with Gasteiger partial charge in [-0.1, -0.05) is 0 Å². The molecule has 0 aliphatic carbocycles. The molecule has 1 aliphatic rings. The van der Waals surface area contributed by atoms with E-state index in [1.165, 1.54) is 0 Å². The molecule has 0 radical (unpaired) electrons. The highest BCUT2D eigenvalue weighted by molar-refractivity contribution is 4.80. The molecule has 0 amide bonds. The third-order valence-corrected chi connectivity index (χ3v) is 2.47. The van der Waals surface area contributed by atoms with Gasteiger partial charge in [-0.05, 0) is 0 Å². The summed E-state index contributed by atoms with van der Waals surface area (Å²) in [5, 5.41) is 8.44. The number of piperazine rings is 1. The molecule has 0 aromatic rings. The molecular weight excluding hydrogens is 207 g/mol. The second kappa shape index (κ2) is 5.33. The Morgan fingerprint density at radius 3 is 2.07 bits per heavy atom. The van der Waals surface area contributed by atoms with Gasteiger partial charge in [0.15, 0.2) is 0 Å². The van der Waals surface area contributed by atoms with Gasteiger partial charge in [0, 0.05) is 32.7 Å². The van der Waals surface area contributed by atoms with Crippen molar-refractivity contribution in [1.29, 1.82) is 5.26 Å². The van der Waals surface area contributed by atoms with E-state index in [4.69, 9.17) is 5.26 Å². The molecule has 6 heteroatoms. The summed E-state index contributed by atoms with van der Waals surface area (Å²) < 4.78 is 35.8. The van der Waals surface area contributed by atoms with Crippen LogP contribution in [0.15, 0.2) is 0 Å². The van der Waals surface area contributed by atoms with E-state index in [9.17, 15) is 13.2 Å². The molecule has 0 atom stereocenters. The summed E-state index contributed by atoms with van der Waals surface area (Å²) in [4.78, 5) is 3.74. The zero-order valence-electron chi connectivity index (χ0n) is 8.43. The summed E-state index contributed by atoms with van der Waals surface area (Å²) >= 11 is 0. The Kier molecular flexibility index (Phi) is 4.36. The molecule has 0 aromatic carbocycles. The minimum absolute atomic E-state index is 0.0733. The molecule has 0 spiro atoms. The molecule has 1 aliphatic heterocycles. The van der Waals surface area contributed by atoms with Crippen molar-refractivity contribution in [1.82, 2.24) is 9.80 Å². The van der Waals surface area contributed by atoms with Crippen molar-refractivity contribution in [2.45, 2.75) is 12.6 Å². The molecule has 0 saturated carbocycles. The Morgan fingerprint density at radius 1 is 1.07 bits per heavy atom. The maximum absolute atomic E-state index is 11.9. The van der Waals surface area contributed by atoms with Gasteiger partial charge in [-0.25, -0.2) is 0 Å². The highest BCUT2D eigenvalue weighted by atomic mass is 19.4. The molecule has 0 N–H and O–H groups in total. The summed E-state index contributed by atoms with van der Waals surface area (Å²) in [5.74, 6) is 0. The van der Waals surface area contributed by atoms with Gasteiger partial charge in [0.25, 0.3) is 0 Å². The standard InChI is InChI=1S/C9H14F3N3/c10-9(11,12)1-3-14-5-7-15(4-2-13)8-6-14/h1,3-8H2. The minimum atomic E-state index is -4.07. The van der Waals surface area contributed by atoms with E-state index in [0.717, 1.165) is 0 Å². The van der Waals surface area contributed by atoms with Crippen molar-refractivity contribution in [3.63, 3.8) is 0 Å². The molecule has 1 heterocycles. The largest absolute Gasteiger partial charge is 0.390 e. The predicted molar refractivity (Wildman–Crippen MR) is 49.2 cm³/mol. The third-order valence-electron chi connectivity index (χ3n) is 2.47. The highest BCUT2D eigenvalue weighted by Crippen LogP contribution is 2.20. The van der Waals surface area contributed by atoms with E-state index in [0.29, 0.717) is 32.7 Å². The molecule has 0 unspecified atom stereocenters. The molecule has 1 fully saturated rings. The zero-order valence-corrected chi connectivity index (χ0v) is 8.43. The topological polar surface area (TPSA) is 30.3 Å². The van der Waals surface area contributed by atoms with Crippen LogP contribution in [-0.2, 0) is 0 Å². The highest BCUT2D eigenvalue weighted by Gasteiger charge is 2.28. The number of hydrogen-bond donors (Lipinski definition) is 0. The van der Waals surface area contributed by atoms with Gasteiger partial charge in [0.2, 0.25) is 0 Å². The molecule has 0 aromatic heterocycles. The van der Waals surface area contributed by atoms with Crippen molar-refractivity contribution in [3.05, 3.63) is 0 Å². The van der Waals surface area contributed by atoms with E-state index in [1.54, 1.807) is 4.90 Å². The van der Waals surface area contributed by atoms with Crippen LogP contribution in [0, 0.1) is 11.3 Å². The predicted octanol–water partition coefficient (Wildman–Crippen LogP) is 1.08. The lowest BCUT2D eigenvalue weighted by Crippen LogP contribution is -2.47. The zero-order chi connectivity index (χ0) is 11.3. The summed E-state index contributed by atoms with van der Waals surface area (Å²) in [6.07, 6.45) is -4.81. The molecule has 1 rings (SSSR count). The first-order chi connectivity index (χ1) is 7.01. The second-order valence-corrected chi connectivity index (χ2v) is 3.64. The van der Waals surface area contributed by atoms with Crippen LogP contribution < -0.4 is 0 Å². The molecule has 0 bridgehead atoms. The van der Waals surface area contributed by atoms with Crippen molar-refractivity contribution in [2.24, 2.45) is 0 Å². The fourth-order valence-electron chi connectivity index (χ4n) is 1.56. The van der Waals surface area contributed by atoms with Crippen LogP contribution in [0.5, 0.6) is 0 Å². The van der Waals surface area contributed by atoms with E-state index in [2.05, 4.69) is 0 Å². The molecule has 15 heavy (non-hydrogen) atoms. The van der Waals surface area contributed by atoms with Gasteiger partial charge < -0.3 is 4.90 Å². The number of alkyl halides is 3. The monoisotopic (exact) mass is 221 g/mol. The quantitative estimate of drug-likeness (QED) is 0.668. The summed E-state index contributed by atoms with van der Waals surface area (Å²) in [5.41, 5.74) is 0. The van der Waals surface area contributed by atoms with Gasteiger partial charge in [-0.15, -0.1) is 0 Å². The van der Waals surface area contributed by atoms with E-state index in [1.807, 2.05) is 11.0 Å². The summed E-state index contributed by atoms with van der Waals surface area (Å²) in [7, 11) is 0. The number of halogens is 3. The number of rotatable bonds is 3. The van der Waals surface area contributed by atoms with Crippen molar-refractivity contribution in [3.8, 4) is 6.07 Å². The van der Waals surface area contributed by atoms with Crippen LogP contribution in [0.4, 0.5) is 13.2 Å². The first-order valence-corrected chi connectivity index (χ1v) is 4.90. The van der Waals surface area contributed by atoms with Crippen LogP contribution in [0.3, 0.4) is 0 Å². The smallest absolute Gasteiger partial charge is 0.300 e. The van der Waals surface area contributed by atoms with Crippen LogP contribution in [-0.4, -0.2) is 55.2 Å². The third kappa shape index (κ3) is 5.00. The molecule has 3 nitrogen and oxygen atoms in total. The fraction of sp³-hybridized carbons (Fsp3) is 0.889. The SMILES string of the molecule is N#CCN1CCN(CCC(F)(F)F)CC1. The average Bonchev–Trinajstić information content (AvgIpc) is 2.16. The maximum Gasteiger partial charge on any atom is 0.390 e.